The van der Waals surface area contributed by atoms with Crippen molar-refractivity contribution in [1.82, 2.24) is 15.3 Å². The zero-order chi connectivity index (χ0) is 8.23. The van der Waals surface area contributed by atoms with Gasteiger partial charge in [-0.3, -0.25) is 4.98 Å². The molecular formula is C8H11N3O. The first-order valence-corrected chi connectivity index (χ1v) is 4.07. The molecule has 0 aliphatic carbocycles. The molecule has 1 atom stereocenters. The summed E-state index contributed by atoms with van der Waals surface area (Å²) in [5.74, 6) is 0.603. The van der Waals surface area contributed by atoms with E-state index in [1.54, 1.807) is 18.6 Å². The van der Waals surface area contributed by atoms with Crippen LogP contribution in [0.15, 0.2) is 18.6 Å². The van der Waals surface area contributed by atoms with Crippen molar-refractivity contribution in [3.63, 3.8) is 0 Å². The molecule has 0 aromatic carbocycles. The van der Waals surface area contributed by atoms with Crippen molar-refractivity contribution < 1.29 is 4.74 Å². The van der Waals surface area contributed by atoms with Crippen LogP contribution < -0.4 is 10.1 Å². The minimum atomic E-state index is 0.506. The van der Waals surface area contributed by atoms with Crippen molar-refractivity contribution in [3.8, 4) is 5.88 Å². The molecule has 1 unspecified atom stereocenters. The lowest BCUT2D eigenvalue weighted by atomic mass is 10.1. The first-order chi connectivity index (χ1) is 5.95. The molecule has 1 N–H and O–H groups in total. The second-order valence-electron chi connectivity index (χ2n) is 2.79. The molecule has 0 bridgehead atoms. The van der Waals surface area contributed by atoms with Crippen LogP contribution in [0.5, 0.6) is 5.88 Å². The number of nitrogens with zero attached hydrogens (tertiary/aromatic N) is 2. The Morgan fingerprint density at radius 1 is 1.58 bits per heavy atom. The second-order valence-corrected chi connectivity index (χ2v) is 2.79. The number of nitrogens with one attached hydrogen (secondary N) is 1. The van der Waals surface area contributed by atoms with Crippen LogP contribution in [-0.4, -0.2) is 29.2 Å². The SMILES string of the molecule is c1cnc(OCC2CCN2)cn1. The number of aromatic nitrogens is 2. The Morgan fingerprint density at radius 2 is 2.50 bits per heavy atom. The summed E-state index contributed by atoms with van der Waals surface area (Å²) in [6, 6.07) is 0.506. The molecule has 0 spiro atoms. The van der Waals surface area contributed by atoms with Gasteiger partial charge >= 0.3 is 0 Å². The van der Waals surface area contributed by atoms with Crippen LogP contribution >= 0.6 is 0 Å². The third kappa shape index (κ3) is 1.71. The maximum Gasteiger partial charge on any atom is 0.232 e. The average molecular weight is 165 g/mol. The highest BCUT2D eigenvalue weighted by Crippen LogP contribution is 2.06. The predicted octanol–water partition coefficient (Wildman–Crippen LogP) is 0.217. The maximum atomic E-state index is 5.37. The van der Waals surface area contributed by atoms with Crippen LogP contribution in [0.25, 0.3) is 0 Å². The number of ether oxygens (including phenoxy) is 1. The van der Waals surface area contributed by atoms with Crippen LogP contribution in [0.4, 0.5) is 0 Å². The summed E-state index contributed by atoms with van der Waals surface area (Å²) in [6.07, 6.45) is 6.08. The van der Waals surface area contributed by atoms with Gasteiger partial charge in [0.1, 0.15) is 6.61 Å². The van der Waals surface area contributed by atoms with E-state index in [4.69, 9.17) is 4.74 Å². The second kappa shape index (κ2) is 3.49. The molecule has 1 aromatic heterocycles. The molecule has 0 radical (unpaired) electrons. The Kier molecular flexibility index (Phi) is 2.18. The van der Waals surface area contributed by atoms with Crippen LogP contribution in [0, 0.1) is 0 Å². The fraction of sp³-hybridized carbons (Fsp3) is 0.500. The summed E-state index contributed by atoms with van der Waals surface area (Å²) < 4.78 is 5.37. The lowest BCUT2D eigenvalue weighted by molar-refractivity contribution is 0.210. The highest BCUT2D eigenvalue weighted by Gasteiger charge is 2.16. The molecule has 2 heterocycles. The van der Waals surface area contributed by atoms with Gasteiger partial charge in [0.05, 0.1) is 6.20 Å². The third-order valence-corrected chi connectivity index (χ3v) is 1.90. The fourth-order valence-electron chi connectivity index (χ4n) is 1.04. The van der Waals surface area contributed by atoms with Crippen molar-refractivity contribution in [1.29, 1.82) is 0 Å². The molecule has 4 heteroatoms. The Labute approximate surface area is 71.0 Å². The molecule has 64 valence electrons. The molecule has 1 aliphatic rings. The Morgan fingerprint density at radius 3 is 3.08 bits per heavy atom. The third-order valence-electron chi connectivity index (χ3n) is 1.90. The minimum Gasteiger partial charge on any atom is -0.475 e. The van der Waals surface area contributed by atoms with Crippen molar-refractivity contribution in [2.24, 2.45) is 0 Å². The van der Waals surface area contributed by atoms with Crippen molar-refractivity contribution in [3.05, 3.63) is 18.6 Å². The molecule has 1 saturated heterocycles. The van der Waals surface area contributed by atoms with Crippen molar-refractivity contribution in [2.45, 2.75) is 12.5 Å². The topological polar surface area (TPSA) is 47.0 Å². The Hall–Kier alpha value is -1.16. The average Bonchev–Trinajstić information content (AvgIpc) is 2.04. The standard InChI is InChI=1S/C8H11N3O/c1-2-10-7(1)6-12-8-5-9-3-4-11-8/h3-5,7,10H,1-2,6H2. The highest BCUT2D eigenvalue weighted by molar-refractivity contribution is 5.01. The van der Waals surface area contributed by atoms with Gasteiger partial charge in [-0.05, 0) is 13.0 Å². The van der Waals surface area contributed by atoms with Crippen LogP contribution in [0.3, 0.4) is 0 Å². The van der Waals surface area contributed by atoms with Gasteiger partial charge in [0, 0.05) is 18.4 Å². The van der Waals surface area contributed by atoms with Gasteiger partial charge in [-0.1, -0.05) is 0 Å². The molecule has 1 aromatic rings. The van der Waals surface area contributed by atoms with Crippen molar-refractivity contribution in [2.75, 3.05) is 13.2 Å². The van der Waals surface area contributed by atoms with Gasteiger partial charge in [-0.2, -0.15) is 0 Å². The smallest absolute Gasteiger partial charge is 0.232 e. The van der Waals surface area contributed by atoms with E-state index in [-0.39, 0.29) is 0 Å². The van der Waals surface area contributed by atoms with Crippen LogP contribution in [-0.2, 0) is 0 Å². The highest BCUT2D eigenvalue weighted by atomic mass is 16.5. The fourth-order valence-corrected chi connectivity index (χ4v) is 1.04. The summed E-state index contributed by atoms with van der Waals surface area (Å²) >= 11 is 0. The molecule has 4 nitrogen and oxygen atoms in total. The van der Waals surface area contributed by atoms with E-state index in [9.17, 15) is 0 Å². The summed E-state index contributed by atoms with van der Waals surface area (Å²) in [6.45, 7) is 1.80. The number of rotatable bonds is 3. The van der Waals surface area contributed by atoms with E-state index in [0.717, 1.165) is 6.54 Å². The number of hydrogen-bond acceptors (Lipinski definition) is 4. The van der Waals surface area contributed by atoms with Crippen LogP contribution in [0.2, 0.25) is 0 Å². The summed E-state index contributed by atoms with van der Waals surface area (Å²) in [5.41, 5.74) is 0. The normalized spacial score (nSPS) is 21.5. The lowest BCUT2D eigenvalue weighted by Crippen LogP contribution is -2.46. The molecule has 2 rings (SSSR count). The molecule has 0 amide bonds. The van der Waals surface area contributed by atoms with Gasteiger partial charge in [0.2, 0.25) is 5.88 Å². The Bertz CT molecular complexity index is 235. The van der Waals surface area contributed by atoms with Crippen LogP contribution in [0.1, 0.15) is 6.42 Å². The zero-order valence-electron chi connectivity index (χ0n) is 6.73. The van der Waals surface area contributed by atoms with Gasteiger partial charge in [-0.15, -0.1) is 0 Å². The molecule has 1 fully saturated rings. The van der Waals surface area contributed by atoms with Gasteiger partial charge in [0.15, 0.2) is 0 Å². The largest absolute Gasteiger partial charge is 0.475 e. The Balaban J connectivity index is 1.79. The lowest BCUT2D eigenvalue weighted by Gasteiger charge is -2.26. The molecular weight excluding hydrogens is 154 g/mol. The summed E-state index contributed by atoms with van der Waals surface area (Å²) in [4.78, 5) is 7.90. The maximum absolute atomic E-state index is 5.37. The first-order valence-electron chi connectivity index (χ1n) is 4.07. The van der Waals surface area contributed by atoms with E-state index >= 15 is 0 Å². The molecule has 12 heavy (non-hydrogen) atoms. The van der Waals surface area contributed by atoms with E-state index < -0.39 is 0 Å². The van der Waals surface area contributed by atoms with E-state index in [0.29, 0.717) is 18.5 Å². The number of hydrogen-bond donors (Lipinski definition) is 1. The minimum absolute atomic E-state index is 0.506. The van der Waals surface area contributed by atoms with E-state index in [1.165, 1.54) is 6.42 Å². The van der Waals surface area contributed by atoms with E-state index in [2.05, 4.69) is 15.3 Å². The first kappa shape index (κ1) is 7.49. The summed E-state index contributed by atoms with van der Waals surface area (Å²) in [7, 11) is 0. The van der Waals surface area contributed by atoms with E-state index in [1.807, 2.05) is 0 Å². The monoisotopic (exact) mass is 165 g/mol. The quantitative estimate of drug-likeness (QED) is 0.696. The summed E-state index contributed by atoms with van der Waals surface area (Å²) in [5, 5.41) is 3.24. The van der Waals surface area contributed by atoms with Gasteiger partial charge in [-0.25, -0.2) is 4.98 Å². The predicted molar refractivity (Wildman–Crippen MR) is 43.9 cm³/mol. The van der Waals surface area contributed by atoms with Gasteiger partial charge in [0.25, 0.3) is 0 Å². The van der Waals surface area contributed by atoms with Crippen molar-refractivity contribution >= 4 is 0 Å². The molecule has 0 saturated carbocycles. The zero-order valence-corrected chi connectivity index (χ0v) is 6.73. The van der Waals surface area contributed by atoms with Gasteiger partial charge < -0.3 is 10.1 Å². The molecule has 1 aliphatic heterocycles.